The van der Waals surface area contributed by atoms with Gasteiger partial charge in [0.2, 0.25) is 11.7 Å². The third-order valence-corrected chi connectivity index (χ3v) is 4.21. The highest BCUT2D eigenvalue weighted by Gasteiger charge is 2.34. The molecule has 1 aromatic rings. The summed E-state index contributed by atoms with van der Waals surface area (Å²) in [4.78, 5) is 6.96. The number of ether oxygens (including phenoxy) is 1. The molecule has 1 aromatic heterocycles. The number of hydrogen-bond donors (Lipinski definition) is 1. The number of nitrogens with two attached hydrogens (primary N) is 1. The molecular weight excluding hydrogens is 256 g/mol. The third-order valence-electron chi connectivity index (χ3n) is 4.21. The largest absolute Gasteiger partial charge is 0.367 e. The minimum Gasteiger partial charge on any atom is -0.367 e. The lowest BCUT2D eigenvalue weighted by Gasteiger charge is -2.33. The summed E-state index contributed by atoms with van der Waals surface area (Å²) in [5, 5.41) is 4.08. The normalized spacial score (nSPS) is 28.5. The quantitative estimate of drug-likeness (QED) is 0.875. The van der Waals surface area contributed by atoms with Crippen molar-refractivity contribution in [2.45, 2.75) is 57.2 Å². The average Bonchev–Trinajstić information content (AvgIpc) is 3.05. The van der Waals surface area contributed by atoms with Crippen LogP contribution >= 0.6 is 0 Å². The summed E-state index contributed by atoms with van der Waals surface area (Å²) in [6.45, 7) is 4.87. The highest BCUT2D eigenvalue weighted by atomic mass is 16.5. The molecule has 3 rings (SSSR count). The summed E-state index contributed by atoms with van der Waals surface area (Å²) in [5.41, 5.74) is 5.74. The second-order valence-electron chi connectivity index (χ2n) is 6.03. The van der Waals surface area contributed by atoms with Crippen molar-refractivity contribution in [3.8, 4) is 0 Å². The van der Waals surface area contributed by atoms with Crippen molar-refractivity contribution in [3.05, 3.63) is 11.7 Å². The van der Waals surface area contributed by atoms with Crippen LogP contribution in [0.4, 0.5) is 0 Å². The van der Waals surface area contributed by atoms with Crippen LogP contribution in [0.3, 0.4) is 0 Å². The lowest BCUT2D eigenvalue weighted by Crippen LogP contribution is -2.42. The van der Waals surface area contributed by atoms with Gasteiger partial charge in [-0.2, -0.15) is 4.98 Å². The fourth-order valence-corrected chi connectivity index (χ4v) is 3.05. The van der Waals surface area contributed by atoms with E-state index in [-0.39, 0.29) is 12.1 Å². The van der Waals surface area contributed by atoms with Gasteiger partial charge in [-0.15, -0.1) is 0 Å². The first-order chi connectivity index (χ1) is 9.72. The molecule has 3 heterocycles. The Morgan fingerprint density at radius 3 is 3.25 bits per heavy atom. The summed E-state index contributed by atoms with van der Waals surface area (Å²) >= 11 is 0. The van der Waals surface area contributed by atoms with E-state index >= 15 is 0 Å². The summed E-state index contributed by atoms with van der Waals surface area (Å²) in [6, 6.07) is 0.829. The number of rotatable bonds is 5. The molecule has 2 fully saturated rings. The van der Waals surface area contributed by atoms with Crippen molar-refractivity contribution in [2.24, 2.45) is 5.73 Å². The number of morpholine rings is 1. The van der Waals surface area contributed by atoms with Gasteiger partial charge in [0, 0.05) is 25.0 Å². The van der Waals surface area contributed by atoms with Crippen LogP contribution in [0, 0.1) is 0 Å². The van der Waals surface area contributed by atoms with E-state index < -0.39 is 0 Å². The SMILES string of the molecule is CC(N)CCCc1nc(C2CN3CCCC3CO2)no1. The number of nitrogens with zero attached hydrogens (tertiary/aromatic N) is 3. The molecular formula is C14H24N4O2. The summed E-state index contributed by atoms with van der Waals surface area (Å²) in [5.74, 6) is 1.40. The highest BCUT2D eigenvalue weighted by Crippen LogP contribution is 2.28. The molecule has 0 spiro atoms. The molecule has 2 aliphatic rings. The van der Waals surface area contributed by atoms with E-state index in [1.165, 1.54) is 19.4 Å². The van der Waals surface area contributed by atoms with Crippen molar-refractivity contribution in [1.29, 1.82) is 0 Å². The first-order valence-corrected chi connectivity index (χ1v) is 7.66. The second kappa shape index (κ2) is 6.20. The fraction of sp³-hybridized carbons (Fsp3) is 0.857. The Bertz CT molecular complexity index is 435. The van der Waals surface area contributed by atoms with E-state index in [0.717, 1.165) is 32.4 Å². The maximum Gasteiger partial charge on any atom is 0.226 e. The highest BCUT2D eigenvalue weighted by molar-refractivity contribution is 4.97. The van der Waals surface area contributed by atoms with Gasteiger partial charge in [-0.1, -0.05) is 5.16 Å². The van der Waals surface area contributed by atoms with Crippen LogP contribution in [0.1, 0.15) is 50.4 Å². The Hall–Kier alpha value is -0.980. The molecule has 112 valence electrons. The molecule has 3 atom stereocenters. The molecule has 20 heavy (non-hydrogen) atoms. The molecule has 3 unspecified atom stereocenters. The van der Waals surface area contributed by atoms with Crippen molar-refractivity contribution in [2.75, 3.05) is 19.7 Å². The monoisotopic (exact) mass is 280 g/mol. The Morgan fingerprint density at radius 2 is 2.40 bits per heavy atom. The summed E-state index contributed by atoms with van der Waals surface area (Å²) in [7, 11) is 0. The molecule has 2 saturated heterocycles. The van der Waals surface area contributed by atoms with Gasteiger partial charge in [-0.05, 0) is 39.2 Å². The van der Waals surface area contributed by atoms with Gasteiger partial charge in [0.05, 0.1) is 6.61 Å². The molecule has 6 heteroatoms. The predicted molar refractivity (Wildman–Crippen MR) is 74.2 cm³/mol. The smallest absolute Gasteiger partial charge is 0.226 e. The van der Waals surface area contributed by atoms with Crippen molar-refractivity contribution >= 4 is 0 Å². The molecule has 0 saturated carbocycles. The van der Waals surface area contributed by atoms with E-state index in [1.54, 1.807) is 0 Å². The van der Waals surface area contributed by atoms with E-state index in [2.05, 4.69) is 15.0 Å². The molecule has 0 amide bonds. The first-order valence-electron chi connectivity index (χ1n) is 7.66. The molecule has 0 bridgehead atoms. The summed E-state index contributed by atoms with van der Waals surface area (Å²) in [6.07, 6.45) is 5.26. The zero-order valence-corrected chi connectivity index (χ0v) is 12.1. The van der Waals surface area contributed by atoms with E-state index in [4.69, 9.17) is 15.0 Å². The lowest BCUT2D eigenvalue weighted by molar-refractivity contribution is -0.0548. The van der Waals surface area contributed by atoms with E-state index in [1.807, 2.05) is 6.92 Å². The van der Waals surface area contributed by atoms with Crippen LogP contribution in [-0.4, -0.2) is 46.8 Å². The minimum atomic E-state index is -0.0321. The Labute approximate surface area is 119 Å². The lowest BCUT2D eigenvalue weighted by atomic mass is 10.1. The zero-order chi connectivity index (χ0) is 13.9. The summed E-state index contributed by atoms with van der Waals surface area (Å²) < 4.78 is 11.2. The van der Waals surface area contributed by atoms with Crippen molar-refractivity contribution in [3.63, 3.8) is 0 Å². The molecule has 0 aromatic carbocycles. The maximum atomic E-state index is 5.89. The van der Waals surface area contributed by atoms with Crippen molar-refractivity contribution in [1.82, 2.24) is 15.0 Å². The molecule has 2 N–H and O–H groups in total. The molecule has 6 nitrogen and oxygen atoms in total. The van der Waals surface area contributed by atoms with Crippen LogP contribution in [0.25, 0.3) is 0 Å². The average molecular weight is 280 g/mol. The number of aryl methyl sites for hydroxylation is 1. The van der Waals surface area contributed by atoms with Gasteiger partial charge in [0.25, 0.3) is 0 Å². The topological polar surface area (TPSA) is 77.4 Å². The van der Waals surface area contributed by atoms with Crippen LogP contribution < -0.4 is 5.73 Å². The number of aromatic nitrogens is 2. The van der Waals surface area contributed by atoms with Gasteiger partial charge < -0.3 is 15.0 Å². The Kier molecular flexibility index (Phi) is 4.33. The number of hydrogen-bond acceptors (Lipinski definition) is 6. The van der Waals surface area contributed by atoms with E-state index in [0.29, 0.717) is 17.8 Å². The third kappa shape index (κ3) is 3.19. The van der Waals surface area contributed by atoms with E-state index in [9.17, 15) is 0 Å². The van der Waals surface area contributed by atoms with Gasteiger partial charge in [0.1, 0.15) is 6.10 Å². The molecule has 2 aliphatic heterocycles. The van der Waals surface area contributed by atoms with Crippen LogP contribution in [0.15, 0.2) is 4.52 Å². The Morgan fingerprint density at radius 1 is 1.50 bits per heavy atom. The Balaban J connectivity index is 1.54. The maximum absolute atomic E-state index is 5.89. The van der Waals surface area contributed by atoms with Gasteiger partial charge in [-0.3, -0.25) is 4.90 Å². The van der Waals surface area contributed by atoms with Gasteiger partial charge in [0.15, 0.2) is 0 Å². The molecule has 0 radical (unpaired) electrons. The zero-order valence-electron chi connectivity index (χ0n) is 12.1. The standard InChI is InChI=1S/C14H24N4O2/c1-10(15)4-2-6-13-16-14(17-20-13)12-8-18-7-3-5-11(18)9-19-12/h10-12H,2-9,15H2,1H3. The van der Waals surface area contributed by atoms with Crippen molar-refractivity contribution < 1.29 is 9.26 Å². The van der Waals surface area contributed by atoms with Gasteiger partial charge in [-0.25, -0.2) is 0 Å². The minimum absolute atomic E-state index is 0.0321. The number of fused-ring (bicyclic) bond motifs is 1. The van der Waals surface area contributed by atoms with Crippen LogP contribution in [-0.2, 0) is 11.2 Å². The van der Waals surface area contributed by atoms with Crippen LogP contribution in [0.2, 0.25) is 0 Å². The molecule has 0 aliphatic carbocycles. The first kappa shape index (κ1) is 14.0. The van der Waals surface area contributed by atoms with Gasteiger partial charge >= 0.3 is 0 Å². The predicted octanol–water partition coefficient (Wildman–Crippen LogP) is 1.28. The fourth-order valence-electron chi connectivity index (χ4n) is 3.05. The van der Waals surface area contributed by atoms with Crippen LogP contribution in [0.5, 0.6) is 0 Å². The second-order valence-corrected chi connectivity index (χ2v) is 6.03.